The molecule has 10 heteroatoms. The number of benzene rings is 1. The van der Waals surface area contributed by atoms with Gasteiger partial charge in [0.25, 0.3) is 0 Å². The second-order valence-electron chi connectivity index (χ2n) is 7.73. The Morgan fingerprint density at radius 3 is 2.61 bits per heavy atom. The first-order valence-corrected chi connectivity index (χ1v) is 10.1. The fraction of sp³-hybridized carbons (Fsp3) is 0.429. The third-order valence-electron chi connectivity index (χ3n) is 5.72. The van der Waals surface area contributed by atoms with E-state index in [1.54, 1.807) is 12.1 Å². The topological polar surface area (TPSA) is 91.3 Å². The molecule has 0 aliphatic carbocycles. The molecule has 3 N–H and O–H groups in total. The lowest BCUT2D eigenvalue weighted by atomic mass is 9.79. The van der Waals surface area contributed by atoms with Gasteiger partial charge >= 0.3 is 6.18 Å². The molecule has 3 heterocycles. The molecule has 1 amide bonds. The zero-order valence-electron chi connectivity index (χ0n) is 16.7. The van der Waals surface area contributed by atoms with E-state index in [2.05, 4.69) is 30.9 Å². The number of halogens is 3. The number of nitrogens with one attached hydrogen (secondary N) is 3. The maximum absolute atomic E-state index is 13.4. The molecular weight excluding hydrogens is 409 g/mol. The summed E-state index contributed by atoms with van der Waals surface area (Å²) in [6.45, 7) is 1.59. The summed E-state index contributed by atoms with van der Waals surface area (Å²) in [6.07, 6.45) is 1.57. The number of carbonyl (C=O) groups is 1. The van der Waals surface area contributed by atoms with Gasteiger partial charge in [-0.15, -0.1) is 0 Å². The van der Waals surface area contributed by atoms with Gasteiger partial charge in [-0.1, -0.05) is 12.1 Å². The van der Waals surface area contributed by atoms with Crippen LogP contribution in [0.4, 0.5) is 13.2 Å². The predicted molar refractivity (Wildman–Crippen MR) is 108 cm³/mol. The molecule has 2 aromatic rings. The van der Waals surface area contributed by atoms with Crippen molar-refractivity contribution in [2.75, 3.05) is 13.1 Å². The number of amides is 1. The van der Waals surface area contributed by atoms with Gasteiger partial charge in [-0.05, 0) is 50.0 Å². The van der Waals surface area contributed by atoms with Crippen molar-refractivity contribution < 1.29 is 18.0 Å². The van der Waals surface area contributed by atoms with Crippen LogP contribution in [0.3, 0.4) is 0 Å². The van der Waals surface area contributed by atoms with Crippen LogP contribution >= 0.6 is 0 Å². The summed E-state index contributed by atoms with van der Waals surface area (Å²) in [5.41, 5.74) is -1.75. The van der Waals surface area contributed by atoms with Crippen molar-refractivity contribution in [1.29, 1.82) is 0 Å². The van der Waals surface area contributed by atoms with E-state index in [-0.39, 0.29) is 12.3 Å². The summed E-state index contributed by atoms with van der Waals surface area (Å²) < 4.78 is 40.3. The quantitative estimate of drug-likeness (QED) is 0.673. The lowest BCUT2D eigenvalue weighted by molar-refractivity contribution is -0.137. The zero-order chi connectivity index (χ0) is 21.9. The van der Waals surface area contributed by atoms with Gasteiger partial charge in [0, 0.05) is 18.0 Å². The van der Waals surface area contributed by atoms with Crippen LogP contribution in [-0.2, 0) is 23.1 Å². The van der Waals surface area contributed by atoms with Crippen LogP contribution in [-0.4, -0.2) is 41.3 Å². The summed E-state index contributed by atoms with van der Waals surface area (Å²) in [4.78, 5) is 25.6. The molecule has 1 fully saturated rings. The minimum absolute atomic E-state index is 0.0929. The van der Waals surface area contributed by atoms with E-state index in [4.69, 9.17) is 0 Å². The van der Waals surface area contributed by atoms with E-state index >= 15 is 0 Å². The molecule has 7 nitrogen and oxygen atoms in total. The molecule has 2 aliphatic heterocycles. The van der Waals surface area contributed by atoms with E-state index in [1.165, 1.54) is 24.8 Å². The van der Waals surface area contributed by atoms with E-state index in [1.807, 2.05) is 0 Å². The smallest absolute Gasteiger partial charge is 0.348 e. The van der Waals surface area contributed by atoms with Crippen molar-refractivity contribution >= 4 is 12.2 Å². The van der Waals surface area contributed by atoms with Crippen molar-refractivity contribution in [2.24, 2.45) is 10.9 Å². The average molecular weight is 432 g/mol. The Morgan fingerprint density at radius 1 is 1.16 bits per heavy atom. The van der Waals surface area contributed by atoms with Crippen LogP contribution in [0.25, 0.3) is 0 Å². The molecule has 0 saturated carbocycles. The van der Waals surface area contributed by atoms with Gasteiger partial charge in [0.05, 0.1) is 18.3 Å². The van der Waals surface area contributed by atoms with Crippen LogP contribution < -0.4 is 16.0 Å². The van der Waals surface area contributed by atoms with E-state index in [9.17, 15) is 18.0 Å². The second kappa shape index (κ2) is 8.62. The summed E-state index contributed by atoms with van der Waals surface area (Å²) in [5.74, 6) is 0.0207. The third-order valence-corrected chi connectivity index (χ3v) is 5.72. The van der Waals surface area contributed by atoms with Gasteiger partial charge in [0.15, 0.2) is 5.66 Å². The molecule has 0 radical (unpaired) electrons. The van der Waals surface area contributed by atoms with Crippen LogP contribution in [0.15, 0.2) is 47.7 Å². The Balaban J connectivity index is 1.69. The Bertz CT molecular complexity index is 946. The summed E-state index contributed by atoms with van der Waals surface area (Å²) in [6, 6.07) is 6.24. The van der Waals surface area contributed by atoms with Crippen LogP contribution in [0, 0.1) is 5.92 Å². The van der Waals surface area contributed by atoms with Gasteiger partial charge < -0.3 is 16.0 Å². The van der Waals surface area contributed by atoms with Gasteiger partial charge in [-0.3, -0.25) is 9.79 Å². The number of piperidine rings is 1. The number of carbonyl (C=O) groups excluding carboxylic acids is 1. The highest BCUT2D eigenvalue weighted by Crippen LogP contribution is 2.38. The maximum Gasteiger partial charge on any atom is 0.416 e. The van der Waals surface area contributed by atoms with Gasteiger partial charge in [0.2, 0.25) is 5.91 Å². The highest BCUT2D eigenvalue weighted by atomic mass is 19.4. The normalized spacial score (nSPS) is 24.0. The molecule has 164 valence electrons. The molecule has 0 bridgehead atoms. The molecular formula is C21H23F3N6O. The molecule has 2 aliphatic rings. The summed E-state index contributed by atoms with van der Waals surface area (Å²) in [5, 5.41) is 9.30. The Labute approximate surface area is 177 Å². The summed E-state index contributed by atoms with van der Waals surface area (Å²) in [7, 11) is 0. The third kappa shape index (κ3) is 4.53. The number of hydrogen-bond acceptors (Lipinski definition) is 6. The minimum Gasteiger partial charge on any atom is -0.348 e. The van der Waals surface area contributed by atoms with Gasteiger partial charge in [-0.2, -0.15) is 13.2 Å². The monoisotopic (exact) mass is 432 g/mol. The molecule has 4 rings (SSSR count). The Kier molecular flexibility index (Phi) is 5.90. The second-order valence-corrected chi connectivity index (χ2v) is 7.73. The first-order chi connectivity index (χ1) is 14.9. The molecule has 1 aromatic carbocycles. The van der Waals surface area contributed by atoms with Crippen LogP contribution in [0.2, 0.25) is 0 Å². The highest BCUT2D eigenvalue weighted by Gasteiger charge is 2.48. The molecule has 2 atom stereocenters. The summed E-state index contributed by atoms with van der Waals surface area (Å²) >= 11 is 0. The van der Waals surface area contributed by atoms with Crippen molar-refractivity contribution in [3.8, 4) is 0 Å². The molecule has 2 unspecified atom stereocenters. The number of hydrogen-bond donors (Lipinski definition) is 3. The highest BCUT2D eigenvalue weighted by molar-refractivity contribution is 5.80. The van der Waals surface area contributed by atoms with Gasteiger partial charge in [-0.25, -0.2) is 9.97 Å². The predicted octanol–water partition coefficient (Wildman–Crippen LogP) is 2.01. The first kappa shape index (κ1) is 21.2. The van der Waals surface area contributed by atoms with Crippen LogP contribution in [0.5, 0.6) is 0 Å². The van der Waals surface area contributed by atoms with Crippen LogP contribution in [0.1, 0.15) is 29.8 Å². The number of aliphatic imine (C=N–C) groups is 1. The SMILES string of the molecule is O=C(Cc1ncccn1)NC1(c2cccc(C(F)(F)F)c2)NC=NC1C1CCNCC1. The van der Waals surface area contributed by atoms with Crippen molar-refractivity contribution in [3.05, 3.63) is 59.7 Å². The molecule has 31 heavy (non-hydrogen) atoms. The van der Waals surface area contributed by atoms with Crippen molar-refractivity contribution in [2.45, 2.75) is 37.1 Å². The largest absolute Gasteiger partial charge is 0.416 e. The Hall–Kier alpha value is -3.01. The fourth-order valence-electron chi connectivity index (χ4n) is 4.26. The molecule has 1 saturated heterocycles. The first-order valence-electron chi connectivity index (χ1n) is 10.1. The number of nitrogens with zero attached hydrogens (tertiary/aromatic N) is 3. The minimum atomic E-state index is -4.50. The number of aromatic nitrogens is 2. The lowest BCUT2D eigenvalue weighted by Gasteiger charge is -2.41. The van der Waals surface area contributed by atoms with E-state index < -0.39 is 29.4 Å². The number of alkyl halides is 3. The maximum atomic E-state index is 13.4. The number of rotatable bonds is 5. The molecule has 1 aromatic heterocycles. The van der Waals surface area contributed by atoms with Gasteiger partial charge in [0.1, 0.15) is 11.9 Å². The lowest BCUT2D eigenvalue weighted by Crippen LogP contribution is -2.61. The zero-order valence-corrected chi connectivity index (χ0v) is 16.7. The van der Waals surface area contributed by atoms with E-state index in [0.717, 1.165) is 38.1 Å². The fourth-order valence-corrected chi connectivity index (χ4v) is 4.26. The standard InChI is InChI=1S/C21H23F3N6O/c22-21(23,24)16-4-1-3-15(11-16)20(30-18(31)12-17-26-7-2-8-27-17)19(28-13-29-20)14-5-9-25-10-6-14/h1-4,7-8,11,13-14,19,25H,5-6,9-10,12H2,(H,28,29)(H,30,31). The van der Waals surface area contributed by atoms with Crippen molar-refractivity contribution in [3.63, 3.8) is 0 Å². The van der Waals surface area contributed by atoms with Crippen molar-refractivity contribution in [1.82, 2.24) is 25.9 Å². The average Bonchev–Trinajstić information content (AvgIpc) is 3.19. The molecule has 0 spiro atoms. The Morgan fingerprint density at radius 2 is 1.90 bits per heavy atom. The van der Waals surface area contributed by atoms with E-state index in [0.29, 0.717) is 11.4 Å².